The number of hydrogen-bond donors (Lipinski definition) is 2. The molecule has 0 unspecified atom stereocenters. The van der Waals surface area contributed by atoms with Crippen LogP contribution >= 0.6 is 0 Å². The molecule has 1 aliphatic rings. The zero-order valence-electron chi connectivity index (χ0n) is 14.6. The van der Waals surface area contributed by atoms with Gasteiger partial charge in [0.05, 0.1) is 11.9 Å². The van der Waals surface area contributed by atoms with Crippen molar-refractivity contribution in [3.63, 3.8) is 0 Å². The number of amides is 1. The molecule has 2 rings (SSSR count). The van der Waals surface area contributed by atoms with Gasteiger partial charge in [-0.25, -0.2) is 8.42 Å². The second-order valence-electron chi connectivity index (χ2n) is 6.48. The number of aliphatic carboxylic acids is 1. The van der Waals surface area contributed by atoms with E-state index in [0.717, 1.165) is 18.4 Å². The first kappa shape index (κ1) is 20.2. The number of nitrogens with one attached hydrogen (secondary N) is 1. The molecule has 1 aromatic rings. The number of carboxylic acids is 1. The third-order valence-corrected chi connectivity index (χ3v) is 6.51. The fourth-order valence-corrected chi connectivity index (χ4v) is 4.67. The van der Waals surface area contributed by atoms with E-state index in [1.807, 2.05) is 0 Å². The quantitative estimate of drug-likeness (QED) is 0.597. The van der Waals surface area contributed by atoms with Crippen molar-refractivity contribution in [3.05, 3.63) is 29.8 Å². The van der Waals surface area contributed by atoms with Gasteiger partial charge in [-0.05, 0) is 37.0 Å². The second kappa shape index (κ2) is 9.56. The number of sulfone groups is 1. The number of carbonyl (C=O) groups is 2. The molecule has 0 spiro atoms. The molecule has 0 bridgehead atoms. The van der Waals surface area contributed by atoms with Crippen molar-refractivity contribution in [1.29, 1.82) is 0 Å². The molecule has 0 aromatic heterocycles. The maximum absolute atomic E-state index is 12.2. The number of carbonyl (C=O) groups excluding carboxylic acids is 1. The average Bonchev–Trinajstić information content (AvgIpc) is 3.13. The van der Waals surface area contributed by atoms with Crippen LogP contribution in [0.25, 0.3) is 0 Å². The monoisotopic (exact) mass is 383 g/mol. The minimum atomic E-state index is -3.36. The van der Waals surface area contributed by atoms with E-state index in [1.165, 1.54) is 0 Å². The third kappa shape index (κ3) is 6.67. The van der Waals surface area contributed by atoms with Gasteiger partial charge in [-0.15, -0.1) is 0 Å². The molecule has 0 saturated heterocycles. The van der Waals surface area contributed by atoms with E-state index < -0.39 is 27.5 Å². The Labute approximate surface area is 153 Å². The lowest BCUT2D eigenvalue weighted by Gasteiger charge is -2.11. The fourth-order valence-electron chi connectivity index (χ4n) is 2.92. The average molecular weight is 383 g/mol. The first-order valence-electron chi connectivity index (χ1n) is 8.78. The van der Waals surface area contributed by atoms with Gasteiger partial charge < -0.3 is 15.2 Å². The van der Waals surface area contributed by atoms with Crippen LogP contribution in [0.1, 0.15) is 44.1 Å². The molecule has 1 aromatic carbocycles. The summed E-state index contributed by atoms with van der Waals surface area (Å²) in [6, 6.07) is 7.02. The number of carboxylic acid groups (broad SMARTS) is 1. The van der Waals surface area contributed by atoms with E-state index in [-0.39, 0.29) is 18.2 Å². The van der Waals surface area contributed by atoms with Crippen molar-refractivity contribution >= 4 is 21.7 Å². The van der Waals surface area contributed by atoms with Gasteiger partial charge in [-0.2, -0.15) is 0 Å². The molecule has 0 heterocycles. The minimum absolute atomic E-state index is 0.0634. The standard InChI is InChI=1S/C18H25NO6S/c20-17(13-26(23,24)16-4-1-2-5-16)19-12-14-7-9-15(10-8-14)25-11-3-6-18(21)22/h7-10,16H,1-6,11-13H2,(H,19,20)(H,21,22). The maximum atomic E-state index is 12.2. The largest absolute Gasteiger partial charge is 0.494 e. The Morgan fingerprint density at radius 3 is 2.42 bits per heavy atom. The summed E-state index contributed by atoms with van der Waals surface area (Å²) < 4.78 is 29.7. The van der Waals surface area contributed by atoms with Crippen molar-refractivity contribution in [1.82, 2.24) is 5.32 Å². The van der Waals surface area contributed by atoms with Gasteiger partial charge >= 0.3 is 5.97 Å². The molecule has 0 radical (unpaired) electrons. The smallest absolute Gasteiger partial charge is 0.303 e. The van der Waals surface area contributed by atoms with Crippen LogP contribution in [-0.4, -0.2) is 43.0 Å². The molecule has 7 nitrogen and oxygen atoms in total. The highest BCUT2D eigenvalue weighted by Crippen LogP contribution is 2.25. The van der Waals surface area contributed by atoms with Crippen LogP contribution in [0.5, 0.6) is 5.75 Å². The van der Waals surface area contributed by atoms with Gasteiger partial charge in [-0.1, -0.05) is 25.0 Å². The van der Waals surface area contributed by atoms with Crippen LogP contribution in [0, 0.1) is 0 Å². The Bertz CT molecular complexity index is 708. The SMILES string of the molecule is O=C(O)CCCOc1ccc(CNC(=O)CS(=O)(=O)C2CCCC2)cc1. The summed E-state index contributed by atoms with van der Waals surface area (Å²) in [5.41, 5.74) is 0.828. The van der Waals surface area contributed by atoms with Crippen LogP contribution in [0.15, 0.2) is 24.3 Å². The van der Waals surface area contributed by atoms with Crippen molar-refractivity contribution in [2.45, 2.75) is 50.3 Å². The van der Waals surface area contributed by atoms with Gasteiger partial charge in [0, 0.05) is 13.0 Å². The molecule has 1 aliphatic carbocycles. The first-order valence-corrected chi connectivity index (χ1v) is 10.5. The summed E-state index contributed by atoms with van der Waals surface area (Å²) in [7, 11) is -3.36. The summed E-state index contributed by atoms with van der Waals surface area (Å²) in [5, 5.41) is 10.8. The summed E-state index contributed by atoms with van der Waals surface area (Å²) in [4.78, 5) is 22.3. The van der Waals surface area contributed by atoms with Gasteiger partial charge in [0.1, 0.15) is 11.5 Å². The van der Waals surface area contributed by atoms with E-state index in [0.29, 0.717) is 31.6 Å². The molecule has 0 aliphatic heterocycles. The van der Waals surface area contributed by atoms with E-state index in [1.54, 1.807) is 24.3 Å². The van der Waals surface area contributed by atoms with Crippen molar-refractivity contribution in [3.8, 4) is 5.75 Å². The molecule has 26 heavy (non-hydrogen) atoms. The molecule has 1 fully saturated rings. The van der Waals surface area contributed by atoms with Gasteiger partial charge in [0.25, 0.3) is 0 Å². The van der Waals surface area contributed by atoms with Gasteiger partial charge in [0.15, 0.2) is 9.84 Å². The topological polar surface area (TPSA) is 110 Å². The predicted octanol–water partition coefficient (Wildman–Crippen LogP) is 1.90. The maximum Gasteiger partial charge on any atom is 0.303 e. The van der Waals surface area contributed by atoms with Crippen molar-refractivity contribution in [2.24, 2.45) is 0 Å². The van der Waals surface area contributed by atoms with Crippen LogP contribution in [0.3, 0.4) is 0 Å². The lowest BCUT2D eigenvalue weighted by Crippen LogP contribution is -2.33. The molecule has 1 saturated carbocycles. The molecular weight excluding hydrogens is 358 g/mol. The van der Waals surface area contributed by atoms with Crippen LogP contribution < -0.4 is 10.1 Å². The first-order chi connectivity index (χ1) is 12.4. The highest BCUT2D eigenvalue weighted by molar-refractivity contribution is 7.92. The van der Waals surface area contributed by atoms with Gasteiger partial charge in [-0.3, -0.25) is 9.59 Å². The minimum Gasteiger partial charge on any atom is -0.494 e. The summed E-state index contributed by atoms with van der Waals surface area (Å²) in [6.45, 7) is 0.569. The predicted molar refractivity (Wildman–Crippen MR) is 96.7 cm³/mol. The van der Waals surface area contributed by atoms with Gasteiger partial charge in [0.2, 0.25) is 5.91 Å². The van der Waals surface area contributed by atoms with E-state index in [4.69, 9.17) is 9.84 Å². The summed E-state index contributed by atoms with van der Waals surface area (Å²) >= 11 is 0. The van der Waals surface area contributed by atoms with E-state index >= 15 is 0 Å². The molecule has 1 amide bonds. The second-order valence-corrected chi connectivity index (χ2v) is 8.76. The van der Waals surface area contributed by atoms with Crippen LogP contribution in [-0.2, 0) is 26.0 Å². The Kier molecular flexibility index (Phi) is 7.44. The molecule has 2 N–H and O–H groups in total. The normalized spacial score (nSPS) is 14.9. The third-order valence-electron chi connectivity index (χ3n) is 4.36. The lowest BCUT2D eigenvalue weighted by atomic mass is 10.2. The Morgan fingerprint density at radius 2 is 1.81 bits per heavy atom. The number of rotatable bonds is 10. The van der Waals surface area contributed by atoms with E-state index in [9.17, 15) is 18.0 Å². The number of ether oxygens (including phenoxy) is 1. The number of benzene rings is 1. The summed E-state index contributed by atoms with van der Waals surface area (Å²) in [6.07, 6.45) is 3.63. The zero-order valence-corrected chi connectivity index (χ0v) is 15.5. The van der Waals surface area contributed by atoms with Crippen molar-refractivity contribution < 1.29 is 27.9 Å². The molecule has 0 atom stereocenters. The van der Waals surface area contributed by atoms with Crippen LogP contribution in [0.4, 0.5) is 0 Å². The van der Waals surface area contributed by atoms with Crippen molar-refractivity contribution in [2.75, 3.05) is 12.4 Å². The Balaban J connectivity index is 1.73. The molecule has 144 valence electrons. The Morgan fingerprint density at radius 1 is 1.15 bits per heavy atom. The highest BCUT2D eigenvalue weighted by atomic mass is 32.2. The molecule has 8 heteroatoms. The highest BCUT2D eigenvalue weighted by Gasteiger charge is 2.30. The van der Waals surface area contributed by atoms with Crippen LogP contribution in [0.2, 0.25) is 0 Å². The lowest BCUT2D eigenvalue weighted by molar-refractivity contribution is -0.137. The zero-order chi connectivity index (χ0) is 19.0. The molecular formula is C18H25NO6S. The van der Waals surface area contributed by atoms with E-state index in [2.05, 4.69) is 5.32 Å². The fraction of sp³-hybridized carbons (Fsp3) is 0.556. The Hall–Kier alpha value is -2.09. The summed E-state index contributed by atoms with van der Waals surface area (Å²) in [5.74, 6) is -1.17. The number of hydrogen-bond acceptors (Lipinski definition) is 5.